The Morgan fingerprint density at radius 1 is 1.53 bits per heavy atom. The predicted octanol–water partition coefficient (Wildman–Crippen LogP) is 3.33. The van der Waals surface area contributed by atoms with Crippen molar-refractivity contribution < 1.29 is 0 Å². The van der Waals surface area contributed by atoms with Gasteiger partial charge in [-0.15, -0.1) is 0 Å². The molecule has 1 heterocycles. The summed E-state index contributed by atoms with van der Waals surface area (Å²) >= 11 is 0. The van der Waals surface area contributed by atoms with Crippen LogP contribution in [0.4, 0.5) is 0 Å². The largest absolute Gasteiger partial charge is 0.354 e. The first-order valence-electron chi connectivity index (χ1n) is 7.44. The van der Waals surface area contributed by atoms with Gasteiger partial charge in [0.15, 0.2) is 0 Å². The van der Waals surface area contributed by atoms with Crippen molar-refractivity contribution in [3.8, 4) is 0 Å². The van der Waals surface area contributed by atoms with Crippen molar-refractivity contribution in [2.45, 2.75) is 52.5 Å². The van der Waals surface area contributed by atoms with Crippen LogP contribution < -0.4 is 5.73 Å². The minimum absolute atomic E-state index is 0.318. The van der Waals surface area contributed by atoms with E-state index in [0.29, 0.717) is 24.3 Å². The molecule has 108 valence electrons. The topological polar surface area (TPSA) is 53.1 Å². The van der Waals surface area contributed by atoms with Crippen LogP contribution in [-0.4, -0.2) is 29.9 Å². The van der Waals surface area contributed by atoms with Crippen molar-refractivity contribution in [1.82, 2.24) is 4.90 Å². The van der Waals surface area contributed by atoms with E-state index in [1.54, 1.807) is 0 Å². The van der Waals surface area contributed by atoms with E-state index in [-0.39, 0.29) is 0 Å². The Bertz CT molecular complexity index is 353. The van der Waals surface area contributed by atoms with Crippen LogP contribution in [0.1, 0.15) is 46.5 Å². The maximum Gasteiger partial charge on any atom is 0.121 e. The lowest BCUT2D eigenvalue weighted by Gasteiger charge is -2.35. The van der Waals surface area contributed by atoms with Gasteiger partial charge in [0.1, 0.15) is 5.84 Å². The third-order valence-corrected chi connectivity index (χ3v) is 4.11. The molecule has 0 aromatic rings. The molecule has 1 aliphatic rings. The molecule has 3 nitrogen and oxygen atoms in total. The second kappa shape index (κ2) is 7.49. The highest BCUT2D eigenvalue weighted by Crippen LogP contribution is 2.23. The molecule has 0 aromatic heterocycles. The number of amidine groups is 1. The molecule has 0 amide bonds. The third kappa shape index (κ3) is 4.20. The van der Waals surface area contributed by atoms with Crippen molar-refractivity contribution in [3.63, 3.8) is 0 Å². The van der Waals surface area contributed by atoms with Crippen LogP contribution in [0.25, 0.3) is 0 Å². The molecule has 2 atom stereocenters. The second-order valence-electron chi connectivity index (χ2n) is 5.64. The zero-order valence-electron chi connectivity index (χ0n) is 12.7. The highest BCUT2D eigenvalue weighted by atomic mass is 15.2. The summed E-state index contributed by atoms with van der Waals surface area (Å²) in [6.07, 6.45) is 6.65. The molecule has 2 unspecified atom stereocenters. The van der Waals surface area contributed by atoms with E-state index in [1.807, 2.05) is 13.0 Å². The Labute approximate surface area is 118 Å². The molecular weight excluding hydrogens is 234 g/mol. The first kappa shape index (κ1) is 16.0. The maximum atomic E-state index is 8.35. The number of allylic oxidation sites excluding steroid dienone is 1. The number of nitrogens with one attached hydrogen (secondary N) is 1. The number of nitrogens with two attached hydrogens (primary N) is 1. The van der Waals surface area contributed by atoms with Gasteiger partial charge in [0.05, 0.1) is 0 Å². The molecular formula is C16H29N3. The van der Waals surface area contributed by atoms with Crippen LogP contribution in [-0.2, 0) is 0 Å². The van der Waals surface area contributed by atoms with Crippen molar-refractivity contribution in [2.24, 2.45) is 11.7 Å². The fraction of sp³-hybridized carbons (Fsp3) is 0.688. The van der Waals surface area contributed by atoms with Gasteiger partial charge in [-0.1, -0.05) is 19.1 Å². The van der Waals surface area contributed by atoms with E-state index in [2.05, 4.69) is 25.3 Å². The highest BCUT2D eigenvalue weighted by Gasteiger charge is 2.21. The number of likely N-dealkylation sites (tertiary alicyclic amines) is 1. The van der Waals surface area contributed by atoms with E-state index < -0.39 is 0 Å². The summed E-state index contributed by atoms with van der Waals surface area (Å²) in [7, 11) is 0. The molecule has 1 saturated heterocycles. The van der Waals surface area contributed by atoms with Crippen LogP contribution in [0.3, 0.4) is 0 Å². The molecule has 3 heteroatoms. The van der Waals surface area contributed by atoms with Gasteiger partial charge < -0.3 is 10.6 Å². The first-order valence-corrected chi connectivity index (χ1v) is 7.44. The zero-order chi connectivity index (χ0) is 14.4. The van der Waals surface area contributed by atoms with Crippen LogP contribution in [0, 0.1) is 11.3 Å². The number of hydrogen-bond acceptors (Lipinski definition) is 2. The van der Waals surface area contributed by atoms with Gasteiger partial charge in [-0.05, 0) is 63.6 Å². The Morgan fingerprint density at radius 3 is 2.68 bits per heavy atom. The van der Waals surface area contributed by atoms with Crippen LogP contribution in [0.2, 0.25) is 0 Å². The predicted molar refractivity (Wildman–Crippen MR) is 83.5 cm³/mol. The lowest BCUT2D eigenvalue weighted by Crippen LogP contribution is -2.41. The summed E-state index contributed by atoms with van der Waals surface area (Å²) in [4.78, 5) is 2.20. The average molecular weight is 263 g/mol. The number of piperidine rings is 1. The fourth-order valence-corrected chi connectivity index (χ4v) is 2.79. The van der Waals surface area contributed by atoms with E-state index in [1.165, 1.54) is 19.3 Å². The molecule has 0 bridgehead atoms. The molecule has 0 aromatic carbocycles. The van der Waals surface area contributed by atoms with Crippen molar-refractivity contribution in [1.29, 1.82) is 5.41 Å². The minimum Gasteiger partial charge on any atom is -0.354 e. The van der Waals surface area contributed by atoms with Gasteiger partial charge in [-0.3, -0.25) is 5.41 Å². The lowest BCUT2D eigenvalue weighted by molar-refractivity contribution is 0.258. The normalized spacial score (nSPS) is 22.2. The number of nitrogens with zero attached hydrogens (tertiary/aromatic N) is 1. The molecule has 3 N–H and O–H groups in total. The fourth-order valence-electron chi connectivity index (χ4n) is 2.79. The molecule has 0 spiro atoms. The summed E-state index contributed by atoms with van der Waals surface area (Å²) in [6, 6.07) is 0.474. The van der Waals surface area contributed by atoms with E-state index in [4.69, 9.17) is 11.1 Å². The molecule has 0 aliphatic carbocycles. The smallest absolute Gasteiger partial charge is 0.121 e. The second-order valence-corrected chi connectivity index (χ2v) is 5.64. The number of rotatable bonds is 5. The van der Waals surface area contributed by atoms with Crippen molar-refractivity contribution in [2.75, 3.05) is 13.1 Å². The first-order chi connectivity index (χ1) is 9.01. The molecule has 1 rings (SSSR count). The summed E-state index contributed by atoms with van der Waals surface area (Å²) in [5.41, 5.74) is 8.02. The summed E-state index contributed by atoms with van der Waals surface area (Å²) < 4.78 is 0. The SMILES string of the molecule is C=C(C)/C(=C/C(=N)N1CCCCC1C)C(CC)CN. The molecule has 0 saturated carbocycles. The lowest BCUT2D eigenvalue weighted by atomic mass is 9.90. The Kier molecular flexibility index (Phi) is 6.29. The van der Waals surface area contributed by atoms with E-state index in [0.717, 1.165) is 24.1 Å². The molecule has 19 heavy (non-hydrogen) atoms. The van der Waals surface area contributed by atoms with Crippen LogP contribution in [0.5, 0.6) is 0 Å². The zero-order valence-corrected chi connectivity index (χ0v) is 12.7. The molecule has 1 fully saturated rings. The van der Waals surface area contributed by atoms with E-state index >= 15 is 0 Å². The van der Waals surface area contributed by atoms with Gasteiger partial charge >= 0.3 is 0 Å². The third-order valence-electron chi connectivity index (χ3n) is 4.11. The standard InChI is InChI=1S/C16H29N3/c1-5-14(11-17)15(12(2)3)10-16(18)19-9-7-6-8-13(19)4/h10,13-14,18H,2,5-9,11,17H2,1,3-4H3/b15-10-,18-16?. The van der Waals surface area contributed by atoms with Gasteiger partial charge in [0.25, 0.3) is 0 Å². The van der Waals surface area contributed by atoms with E-state index in [9.17, 15) is 0 Å². The highest BCUT2D eigenvalue weighted by molar-refractivity contribution is 5.91. The van der Waals surface area contributed by atoms with Gasteiger partial charge in [-0.2, -0.15) is 0 Å². The molecule has 0 radical (unpaired) electrons. The number of hydrogen-bond donors (Lipinski definition) is 2. The summed E-state index contributed by atoms with van der Waals surface area (Å²) in [5.74, 6) is 0.940. The summed E-state index contributed by atoms with van der Waals surface area (Å²) in [5, 5.41) is 8.35. The monoisotopic (exact) mass is 263 g/mol. The Morgan fingerprint density at radius 2 is 2.21 bits per heavy atom. The van der Waals surface area contributed by atoms with Crippen molar-refractivity contribution >= 4 is 5.84 Å². The Hall–Kier alpha value is -1.09. The maximum absolute atomic E-state index is 8.35. The average Bonchev–Trinajstić information content (AvgIpc) is 2.39. The van der Waals surface area contributed by atoms with Gasteiger partial charge in [0, 0.05) is 12.6 Å². The van der Waals surface area contributed by atoms with Crippen LogP contribution in [0.15, 0.2) is 23.8 Å². The van der Waals surface area contributed by atoms with Crippen molar-refractivity contribution in [3.05, 3.63) is 23.8 Å². The van der Waals surface area contributed by atoms with Gasteiger partial charge in [0.2, 0.25) is 0 Å². The molecule has 1 aliphatic heterocycles. The minimum atomic E-state index is 0.318. The Balaban J connectivity index is 2.88. The summed E-state index contributed by atoms with van der Waals surface area (Å²) in [6.45, 7) is 12.0. The van der Waals surface area contributed by atoms with Gasteiger partial charge in [-0.25, -0.2) is 0 Å². The quantitative estimate of drug-likeness (QED) is 0.454. The van der Waals surface area contributed by atoms with Crippen LogP contribution >= 0.6 is 0 Å².